The Morgan fingerprint density at radius 1 is 1.21 bits per heavy atom. The van der Waals surface area contributed by atoms with Crippen molar-refractivity contribution in [3.63, 3.8) is 0 Å². The van der Waals surface area contributed by atoms with Crippen LogP contribution in [-0.4, -0.2) is 42.1 Å². The summed E-state index contributed by atoms with van der Waals surface area (Å²) in [6.45, 7) is 5.32. The summed E-state index contributed by atoms with van der Waals surface area (Å²) in [6.07, 6.45) is 0.536. The second kappa shape index (κ2) is 9.98. The molecule has 0 spiro atoms. The molecule has 0 bridgehead atoms. The molecule has 2 rings (SSSR count). The van der Waals surface area contributed by atoms with Crippen LogP contribution in [0.1, 0.15) is 61.9 Å². The number of halogens is 3. The average Bonchev–Trinajstić information content (AvgIpc) is 2.85. The molecular weight excluding hydrogens is 383 g/mol. The van der Waals surface area contributed by atoms with Gasteiger partial charge in [0.1, 0.15) is 6.54 Å². The third kappa shape index (κ3) is 7.25. The fourth-order valence-electron chi connectivity index (χ4n) is 3.60. The summed E-state index contributed by atoms with van der Waals surface area (Å²) in [5.74, 6) is -0.360. The number of carbonyl (C=O) groups excluding carboxylic acids is 2. The van der Waals surface area contributed by atoms with E-state index in [2.05, 4.69) is 19.2 Å². The molecular formula is C21H30F3N3O2. The molecule has 0 saturated carbocycles. The maximum absolute atomic E-state index is 13.0. The number of urea groups is 1. The molecule has 1 aliphatic heterocycles. The fourth-order valence-corrected chi connectivity index (χ4v) is 3.60. The zero-order chi connectivity index (χ0) is 21.6. The van der Waals surface area contributed by atoms with Gasteiger partial charge in [-0.25, -0.2) is 4.79 Å². The minimum absolute atomic E-state index is 0.0738. The monoisotopic (exact) mass is 413 g/mol. The van der Waals surface area contributed by atoms with E-state index < -0.39 is 18.6 Å². The van der Waals surface area contributed by atoms with E-state index in [9.17, 15) is 22.8 Å². The van der Waals surface area contributed by atoms with Crippen LogP contribution < -0.4 is 10.6 Å². The van der Waals surface area contributed by atoms with Crippen LogP contribution >= 0.6 is 0 Å². The third-order valence-corrected chi connectivity index (χ3v) is 5.07. The molecule has 8 heteroatoms. The van der Waals surface area contributed by atoms with Crippen molar-refractivity contribution < 1.29 is 22.8 Å². The lowest BCUT2D eigenvalue weighted by Crippen LogP contribution is -2.43. The van der Waals surface area contributed by atoms with Gasteiger partial charge in [-0.05, 0) is 49.8 Å². The number of carbonyl (C=O) groups is 2. The van der Waals surface area contributed by atoms with Gasteiger partial charge in [-0.2, -0.15) is 13.2 Å². The Kier molecular flexibility index (Phi) is 7.93. The minimum Gasteiger partial charge on any atom is -0.343 e. The van der Waals surface area contributed by atoms with Crippen molar-refractivity contribution in [2.75, 3.05) is 18.4 Å². The highest BCUT2D eigenvalue weighted by atomic mass is 19.4. The zero-order valence-electron chi connectivity index (χ0n) is 17.2. The Morgan fingerprint density at radius 3 is 2.59 bits per heavy atom. The van der Waals surface area contributed by atoms with E-state index in [0.717, 1.165) is 37.7 Å². The highest BCUT2D eigenvalue weighted by Gasteiger charge is 2.28. The van der Waals surface area contributed by atoms with Crippen LogP contribution in [0.5, 0.6) is 0 Å². The molecule has 1 aromatic carbocycles. The van der Waals surface area contributed by atoms with E-state index in [1.54, 1.807) is 13.0 Å². The van der Waals surface area contributed by atoms with Crippen molar-refractivity contribution in [2.24, 2.45) is 5.92 Å². The van der Waals surface area contributed by atoms with E-state index in [0.29, 0.717) is 18.2 Å². The number of hydrogen-bond acceptors (Lipinski definition) is 2. The maximum Gasteiger partial charge on any atom is 0.405 e. The first-order valence-corrected chi connectivity index (χ1v) is 10.1. The molecule has 1 aliphatic rings. The summed E-state index contributed by atoms with van der Waals surface area (Å²) in [6, 6.07) is 4.43. The van der Waals surface area contributed by atoms with E-state index >= 15 is 0 Å². The highest BCUT2D eigenvalue weighted by molar-refractivity contribution is 5.97. The molecule has 0 aromatic heterocycles. The number of likely N-dealkylation sites (tertiary alicyclic amines) is 1. The van der Waals surface area contributed by atoms with Crippen molar-refractivity contribution in [1.82, 2.24) is 10.2 Å². The third-order valence-electron chi connectivity index (χ3n) is 5.07. The first kappa shape index (κ1) is 23.0. The van der Waals surface area contributed by atoms with Gasteiger partial charge in [0.2, 0.25) is 0 Å². The Morgan fingerprint density at radius 2 is 1.93 bits per heavy atom. The number of alkyl halides is 3. The first-order chi connectivity index (χ1) is 13.6. The van der Waals surface area contributed by atoms with Gasteiger partial charge in [-0.3, -0.25) is 4.79 Å². The number of hydrogen-bond donors (Lipinski definition) is 2. The predicted molar refractivity (Wildman–Crippen MR) is 107 cm³/mol. The quantitative estimate of drug-likeness (QED) is 0.705. The van der Waals surface area contributed by atoms with E-state index in [-0.39, 0.29) is 17.6 Å². The molecule has 1 atom stereocenters. The zero-order valence-corrected chi connectivity index (χ0v) is 17.2. The molecule has 0 radical (unpaired) electrons. The van der Waals surface area contributed by atoms with Crippen LogP contribution in [0, 0.1) is 12.8 Å². The second-order valence-electron chi connectivity index (χ2n) is 8.08. The Bertz CT molecular complexity index is 720. The maximum atomic E-state index is 13.0. The molecule has 1 unspecified atom stereocenters. The van der Waals surface area contributed by atoms with Gasteiger partial charge < -0.3 is 15.5 Å². The van der Waals surface area contributed by atoms with Gasteiger partial charge in [0.25, 0.3) is 5.91 Å². The SMILES string of the molecule is Cc1ccc(C(=O)NCC(F)(F)F)cc1NC(=O)N1CCCCCC1CC(C)C. The van der Waals surface area contributed by atoms with Gasteiger partial charge in [0, 0.05) is 23.8 Å². The molecule has 1 heterocycles. The summed E-state index contributed by atoms with van der Waals surface area (Å²) in [5.41, 5.74) is 1.24. The normalized spacial score (nSPS) is 17.8. The summed E-state index contributed by atoms with van der Waals surface area (Å²) in [4.78, 5) is 26.9. The minimum atomic E-state index is -4.48. The summed E-state index contributed by atoms with van der Waals surface area (Å²) in [7, 11) is 0. The standard InChI is InChI=1S/C21H30F3N3O2/c1-14(2)11-17-7-5-4-6-10-27(17)20(29)26-18-12-16(9-8-15(18)3)19(28)25-13-21(22,23)24/h8-9,12,14,17H,4-7,10-11,13H2,1-3H3,(H,25,28)(H,26,29). The van der Waals surface area contributed by atoms with E-state index in [1.165, 1.54) is 12.1 Å². The molecule has 5 nitrogen and oxygen atoms in total. The van der Waals surface area contributed by atoms with Gasteiger partial charge in [0.15, 0.2) is 0 Å². The van der Waals surface area contributed by atoms with E-state index in [1.807, 2.05) is 10.2 Å². The lowest BCUT2D eigenvalue weighted by Gasteiger charge is -2.31. The molecule has 1 aromatic rings. The first-order valence-electron chi connectivity index (χ1n) is 10.1. The van der Waals surface area contributed by atoms with Crippen LogP contribution in [0.4, 0.5) is 23.7 Å². The molecule has 1 fully saturated rings. The lowest BCUT2D eigenvalue weighted by atomic mass is 9.99. The van der Waals surface area contributed by atoms with Crippen LogP contribution in [0.25, 0.3) is 0 Å². The second-order valence-corrected chi connectivity index (χ2v) is 8.08. The number of nitrogens with zero attached hydrogens (tertiary/aromatic N) is 1. The fraction of sp³-hybridized carbons (Fsp3) is 0.619. The van der Waals surface area contributed by atoms with Crippen molar-refractivity contribution >= 4 is 17.6 Å². The highest BCUT2D eigenvalue weighted by Crippen LogP contribution is 2.24. The Hall–Kier alpha value is -2.25. The van der Waals surface area contributed by atoms with Crippen molar-refractivity contribution in [2.45, 2.75) is 65.1 Å². The molecule has 3 amide bonds. The van der Waals surface area contributed by atoms with Crippen molar-refractivity contribution in [3.05, 3.63) is 29.3 Å². The van der Waals surface area contributed by atoms with Gasteiger partial charge >= 0.3 is 12.2 Å². The van der Waals surface area contributed by atoms with Crippen LogP contribution in [0.3, 0.4) is 0 Å². The number of rotatable bonds is 5. The number of benzene rings is 1. The van der Waals surface area contributed by atoms with Crippen LogP contribution in [0.2, 0.25) is 0 Å². The van der Waals surface area contributed by atoms with Gasteiger partial charge in [-0.15, -0.1) is 0 Å². The number of nitrogens with one attached hydrogen (secondary N) is 2. The average molecular weight is 413 g/mol. The largest absolute Gasteiger partial charge is 0.405 e. The van der Waals surface area contributed by atoms with Crippen LogP contribution in [-0.2, 0) is 0 Å². The van der Waals surface area contributed by atoms with Crippen molar-refractivity contribution in [3.8, 4) is 0 Å². The molecule has 162 valence electrons. The Balaban J connectivity index is 2.12. The van der Waals surface area contributed by atoms with Crippen LogP contribution in [0.15, 0.2) is 18.2 Å². The summed E-state index contributed by atoms with van der Waals surface area (Å²) >= 11 is 0. The number of anilines is 1. The lowest BCUT2D eigenvalue weighted by molar-refractivity contribution is -0.123. The number of aryl methyl sites for hydroxylation is 1. The number of amides is 3. The Labute approximate surface area is 170 Å². The van der Waals surface area contributed by atoms with E-state index in [4.69, 9.17) is 0 Å². The summed E-state index contributed by atoms with van der Waals surface area (Å²) in [5, 5.41) is 4.72. The van der Waals surface area contributed by atoms with Gasteiger partial charge in [-0.1, -0.05) is 32.8 Å². The van der Waals surface area contributed by atoms with Gasteiger partial charge in [0.05, 0.1) is 0 Å². The molecule has 2 N–H and O–H groups in total. The molecule has 29 heavy (non-hydrogen) atoms. The van der Waals surface area contributed by atoms with Crippen molar-refractivity contribution in [1.29, 1.82) is 0 Å². The molecule has 0 aliphatic carbocycles. The smallest absolute Gasteiger partial charge is 0.343 e. The molecule has 1 saturated heterocycles. The summed E-state index contributed by atoms with van der Waals surface area (Å²) < 4.78 is 37.0. The topological polar surface area (TPSA) is 61.4 Å². The predicted octanol–water partition coefficient (Wildman–Crippen LogP) is 5.11.